The van der Waals surface area contributed by atoms with Gasteiger partial charge in [0.2, 0.25) is 0 Å². The number of nitrogens with one attached hydrogen (secondary N) is 1. The lowest BCUT2D eigenvalue weighted by atomic mass is 10.2. The monoisotopic (exact) mass is 275 g/mol. The van der Waals surface area contributed by atoms with Crippen LogP contribution >= 0.6 is 11.8 Å². The van der Waals surface area contributed by atoms with Gasteiger partial charge in [-0.1, -0.05) is 26.0 Å². The second-order valence-electron chi connectivity index (χ2n) is 4.52. The molecule has 0 unspecified atom stereocenters. The van der Waals surface area contributed by atoms with Gasteiger partial charge in [0, 0.05) is 23.4 Å². The molecular weight excluding hydrogens is 258 g/mol. The second-order valence-corrected chi connectivity index (χ2v) is 6.14. The van der Waals surface area contributed by atoms with Crippen molar-refractivity contribution in [3.8, 4) is 0 Å². The third-order valence-electron chi connectivity index (χ3n) is 2.46. The number of carbonyl (C=O) groups excluding carboxylic acids is 1. The van der Waals surface area contributed by atoms with Crippen LogP contribution in [0, 0.1) is 0 Å². The number of benzene rings is 1. The van der Waals surface area contributed by atoms with Crippen molar-refractivity contribution in [3.05, 3.63) is 42.2 Å². The summed E-state index contributed by atoms with van der Waals surface area (Å²) in [6, 6.07) is 7.65. The maximum Gasteiger partial charge on any atom is 0.256 e. The first-order chi connectivity index (χ1) is 9.06. The molecule has 2 rings (SSSR count). The zero-order valence-electron chi connectivity index (χ0n) is 11.3. The fraction of sp³-hybridized carbons (Fsp3) is 0.286. The molecule has 1 heterocycles. The molecule has 19 heavy (non-hydrogen) atoms. The predicted molar refractivity (Wildman–Crippen MR) is 78.6 cm³/mol. The van der Waals surface area contributed by atoms with E-state index >= 15 is 0 Å². The third-order valence-corrected chi connectivity index (χ3v) is 3.54. The number of hydrogen-bond acceptors (Lipinski definition) is 3. The molecule has 1 N–H and O–H groups in total. The SMILES string of the molecule is CC(C)Sc1ccccc1C(=O)Nc1cnn(C)c1. The van der Waals surface area contributed by atoms with Crippen LogP contribution in [-0.2, 0) is 7.05 Å². The average molecular weight is 275 g/mol. The number of amides is 1. The highest BCUT2D eigenvalue weighted by molar-refractivity contribution is 8.00. The van der Waals surface area contributed by atoms with Gasteiger partial charge in [-0.15, -0.1) is 11.8 Å². The molecule has 5 heteroatoms. The number of nitrogens with zero attached hydrogens (tertiary/aromatic N) is 2. The summed E-state index contributed by atoms with van der Waals surface area (Å²) in [6.07, 6.45) is 3.41. The van der Waals surface area contributed by atoms with Crippen molar-refractivity contribution in [3.63, 3.8) is 0 Å². The van der Waals surface area contributed by atoms with Gasteiger partial charge in [0.15, 0.2) is 0 Å². The number of aryl methyl sites for hydroxylation is 1. The zero-order chi connectivity index (χ0) is 13.8. The highest BCUT2D eigenvalue weighted by Crippen LogP contribution is 2.27. The Morgan fingerprint density at radius 1 is 1.37 bits per heavy atom. The molecule has 0 bridgehead atoms. The first kappa shape index (κ1) is 13.7. The van der Waals surface area contributed by atoms with Crippen molar-refractivity contribution >= 4 is 23.4 Å². The summed E-state index contributed by atoms with van der Waals surface area (Å²) in [4.78, 5) is 13.3. The van der Waals surface area contributed by atoms with Gasteiger partial charge in [-0.05, 0) is 12.1 Å². The van der Waals surface area contributed by atoms with E-state index in [2.05, 4.69) is 24.3 Å². The highest BCUT2D eigenvalue weighted by Gasteiger charge is 2.13. The number of aromatic nitrogens is 2. The largest absolute Gasteiger partial charge is 0.319 e. The Balaban J connectivity index is 2.18. The lowest BCUT2D eigenvalue weighted by molar-refractivity contribution is 0.102. The van der Waals surface area contributed by atoms with Gasteiger partial charge in [0.05, 0.1) is 17.4 Å². The predicted octanol–water partition coefficient (Wildman–Crippen LogP) is 3.17. The molecular formula is C14H17N3OS. The number of thioether (sulfide) groups is 1. The van der Waals surface area contributed by atoms with Crippen LogP contribution in [0.2, 0.25) is 0 Å². The average Bonchev–Trinajstić information content (AvgIpc) is 2.74. The van der Waals surface area contributed by atoms with E-state index in [1.807, 2.05) is 31.3 Å². The molecule has 0 aliphatic rings. The Labute approximate surface area is 117 Å². The molecule has 0 aliphatic heterocycles. The van der Waals surface area contributed by atoms with Crippen LogP contribution < -0.4 is 5.32 Å². The minimum atomic E-state index is -0.100. The number of carbonyl (C=O) groups is 1. The molecule has 1 amide bonds. The molecule has 100 valence electrons. The molecule has 0 aliphatic carbocycles. The zero-order valence-corrected chi connectivity index (χ0v) is 12.1. The van der Waals surface area contributed by atoms with Crippen LogP contribution in [0.5, 0.6) is 0 Å². The summed E-state index contributed by atoms with van der Waals surface area (Å²) in [7, 11) is 1.82. The van der Waals surface area contributed by atoms with Gasteiger partial charge in [-0.2, -0.15) is 5.10 Å². The third kappa shape index (κ3) is 3.61. The molecule has 0 radical (unpaired) electrons. The van der Waals surface area contributed by atoms with E-state index in [0.717, 1.165) is 4.90 Å². The Kier molecular flexibility index (Phi) is 4.27. The van der Waals surface area contributed by atoms with Gasteiger partial charge in [0.25, 0.3) is 5.91 Å². The van der Waals surface area contributed by atoms with Gasteiger partial charge >= 0.3 is 0 Å². The quantitative estimate of drug-likeness (QED) is 0.872. The Morgan fingerprint density at radius 2 is 2.11 bits per heavy atom. The van der Waals surface area contributed by atoms with E-state index in [1.165, 1.54) is 0 Å². The van der Waals surface area contributed by atoms with E-state index in [0.29, 0.717) is 16.5 Å². The van der Waals surface area contributed by atoms with Crippen molar-refractivity contribution < 1.29 is 4.79 Å². The molecule has 1 aromatic heterocycles. The van der Waals surface area contributed by atoms with E-state index < -0.39 is 0 Å². The summed E-state index contributed by atoms with van der Waals surface area (Å²) < 4.78 is 1.66. The summed E-state index contributed by atoms with van der Waals surface area (Å²) in [5.41, 5.74) is 1.40. The van der Waals surface area contributed by atoms with Crippen molar-refractivity contribution in [2.75, 3.05) is 5.32 Å². The Hall–Kier alpha value is -1.75. The van der Waals surface area contributed by atoms with Crippen LogP contribution in [0.15, 0.2) is 41.6 Å². The lowest BCUT2D eigenvalue weighted by Gasteiger charge is -2.10. The van der Waals surface area contributed by atoms with Crippen molar-refractivity contribution in [1.29, 1.82) is 0 Å². The van der Waals surface area contributed by atoms with Gasteiger partial charge in [0.1, 0.15) is 0 Å². The molecule has 0 saturated carbocycles. The number of anilines is 1. The van der Waals surface area contributed by atoms with E-state index in [1.54, 1.807) is 28.8 Å². The van der Waals surface area contributed by atoms with Gasteiger partial charge < -0.3 is 5.32 Å². The van der Waals surface area contributed by atoms with Crippen molar-refractivity contribution in [2.45, 2.75) is 24.0 Å². The molecule has 0 fully saturated rings. The molecule has 0 atom stereocenters. The fourth-order valence-electron chi connectivity index (χ4n) is 1.70. The van der Waals surface area contributed by atoms with Crippen LogP contribution in [0.1, 0.15) is 24.2 Å². The summed E-state index contributed by atoms with van der Waals surface area (Å²) in [5, 5.41) is 7.33. The first-order valence-electron chi connectivity index (χ1n) is 6.12. The first-order valence-corrected chi connectivity index (χ1v) is 7.00. The number of hydrogen-bond donors (Lipinski definition) is 1. The lowest BCUT2D eigenvalue weighted by Crippen LogP contribution is -2.12. The number of rotatable bonds is 4. The maximum absolute atomic E-state index is 12.3. The van der Waals surface area contributed by atoms with E-state index in [9.17, 15) is 4.79 Å². The fourth-order valence-corrected chi connectivity index (χ4v) is 2.65. The molecule has 1 aromatic carbocycles. The minimum Gasteiger partial charge on any atom is -0.319 e. The van der Waals surface area contributed by atoms with E-state index in [-0.39, 0.29) is 5.91 Å². The molecule has 4 nitrogen and oxygen atoms in total. The Morgan fingerprint density at radius 3 is 2.74 bits per heavy atom. The van der Waals surface area contributed by atoms with Crippen molar-refractivity contribution in [2.24, 2.45) is 7.05 Å². The van der Waals surface area contributed by atoms with Gasteiger partial charge in [-0.25, -0.2) is 0 Å². The summed E-state index contributed by atoms with van der Waals surface area (Å²) >= 11 is 1.69. The maximum atomic E-state index is 12.3. The highest BCUT2D eigenvalue weighted by atomic mass is 32.2. The van der Waals surface area contributed by atoms with E-state index in [4.69, 9.17) is 0 Å². The Bertz CT molecular complexity index is 578. The standard InChI is InChI=1S/C14H17N3OS/c1-10(2)19-13-7-5-4-6-12(13)14(18)16-11-8-15-17(3)9-11/h4-10H,1-3H3,(H,16,18). The second kappa shape index (κ2) is 5.93. The smallest absolute Gasteiger partial charge is 0.256 e. The van der Waals surface area contributed by atoms with Gasteiger partial charge in [-0.3, -0.25) is 9.48 Å². The normalized spacial score (nSPS) is 10.7. The molecule has 0 saturated heterocycles. The topological polar surface area (TPSA) is 46.9 Å². The minimum absolute atomic E-state index is 0.100. The van der Waals surface area contributed by atoms with Crippen molar-refractivity contribution in [1.82, 2.24) is 9.78 Å². The summed E-state index contributed by atoms with van der Waals surface area (Å²) in [6.45, 7) is 4.22. The summed E-state index contributed by atoms with van der Waals surface area (Å²) in [5.74, 6) is -0.100. The molecule has 0 spiro atoms. The molecule has 2 aromatic rings. The van der Waals surface area contributed by atoms with Crippen LogP contribution in [-0.4, -0.2) is 20.9 Å². The van der Waals surface area contributed by atoms with Crippen LogP contribution in [0.3, 0.4) is 0 Å². The van der Waals surface area contributed by atoms with Crippen LogP contribution in [0.4, 0.5) is 5.69 Å². The van der Waals surface area contributed by atoms with Crippen LogP contribution in [0.25, 0.3) is 0 Å².